The molecule has 122 valence electrons. The van der Waals surface area contributed by atoms with Crippen LogP contribution in [0.4, 0.5) is 4.39 Å². The van der Waals surface area contributed by atoms with E-state index in [-0.39, 0.29) is 24.1 Å². The number of aliphatic hydroxyl groups excluding tert-OH is 1. The maximum Gasteiger partial charge on any atom is 0.251 e. The molecule has 0 unspecified atom stereocenters. The van der Waals surface area contributed by atoms with Gasteiger partial charge in [0.25, 0.3) is 5.91 Å². The van der Waals surface area contributed by atoms with Crippen LogP contribution in [0, 0.1) is 11.7 Å². The quantitative estimate of drug-likeness (QED) is 0.890. The van der Waals surface area contributed by atoms with Crippen LogP contribution < -0.4 is 0 Å². The first kappa shape index (κ1) is 16.9. The van der Waals surface area contributed by atoms with Gasteiger partial charge in [-0.05, 0) is 30.4 Å². The monoisotopic (exact) mass is 309 g/mol. The number of aliphatic hydroxyl groups is 2. The smallest absolute Gasteiger partial charge is 0.251 e. The summed E-state index contributed by atoms with van der Waals surface area (Å²) in [7, 11) is 0. The number of carbonyl (C=O) groups excluding carboxylic acids is 1. The molecule has 1 atom stereocenters. The van der Waals surface area contributed by atoms with Crippen LogP contribution in [-0.4, -0.2) is 45.8 Å². The molecule has 0 spiro atoms. The topological polar surface area (TPSA) is 60.8 Å². The number of likely N-dealkylation sites (tertiary alicyclic amines) is 1. The van der Waals surface area contributed by atoms with E-state index in [9.17, 15) is 19.4 Å². The lowest BCUT2D eigenvalue weighted by Crippen LogP contribution is -2.51. The molecule has 1 saturated heterocycles. The van der Waals surface area contributed by atoms with Crippen LogP contribution >= 0.6 is 0 Å². The second kappa shape index (κ2) is 6.75. The Kier molecular flexibility index (Phi) is 5.19. The second-order valence-corrected chi connectivity index (χ2v) is 6.51. The van der Waals surface area contributed by atoms with E-state index in [1.54, 1.807) is 36.9 Å². The third kappa shape index (κ3) is 3.84. The highest BCUT2D eigenvalue weighted by molar-refractivity contribution is 5.81. The molecule has 5 heteroatoms. The van der Waals surface area contributed by atoms with E-state index in [0.717, 1.165) is 0 Å². The van der Waals surface area contributed by atoms with Crippen molar-refractivity contribution >= 4 is 5.91 Å². The standard InChI is InChI=1S/C17H24FNO3/c1-12(2)15(20)16(21)19-9-7-17(22,8-10-19)11-13-5-3-4-6-14(13)18/h3-6,12,15,20,22H,7-11H2,1-2H3/t15-/m1/s1. The minimum Gasteiger partial charge on any atom is -0.389 e. The summed E-state index contributed by atoms with van der Waals surface area (Å²) in [5.41, 5.74) is -0.506. The van der Waals surface area contributed by atoms with E-state index in [0.29, 0.717) is 31.5 Å². The van der Waals surface area contributed by atoms with Gasteiger partial charge in [0.05, 0.1) is 5.60 Å². The van der Waals surface area contributed by atoms with Crippen LogP contribution in [0.15, 0.2) is 24.3 Å². The minimum absolute atomic E-state index is 0.133. The van der Waals surface area contributed by atoms with Gasteiger partial charge in [-0.25, -0.2) is 4.39 Å². The molecule has 4 nitrogen and oxygen atoms in total. The molecule has 1 heterocycles. The van der Waals surface area contributed by atoms with Crippen LogP contribution in [0.25, 0.3) is 0 Å². The van der Waals surface area contributed by atoms with Crippen LogP contribution in [0.2, 0.25) is 0 Å². The Morgan fingerprint density at radius 2 is 1.91 bits per heavy atom. The summed E-state index contributed by atoms with van der Waals surface area (Å²) in [5.74, 6) is -0.737. The number of amides is 1. The summed E-state index contributed by atoms with van der Waals surface area (Å²) < 4.78 is 13.7. The molecule has 2 rings (SSSR count). The van der Waals surface area contributed by atoms with E-state index >= 15 is 0 Å². The SMILES string of the molecule is CC(C)[C@@H](O)C(=O)N1CCC(O)(Cc2ccccc2F)CC1. The van der Waals surface area contributed by atoms with Gasteiger partial charge in [0.1, 0.15) is 11.9 Å². The molecule has 0 aromatic heterocycles. The van der Waals surface area contributed by atoms with Crippen molar-refractivity contribution in [2.45, 2.75) is 44.8 Å². The van der Waals surface area contributed by atoms with Crippen molar-refractivity contribution in [3.05, 3.63) is 35.6 Å². The van der Waals surface area contributed by atoms with Crippen LogP contribution in [0.3, 0.4) is 0 Å². The van der Waals surface area contributed by atoms with Crippen LogP contribution in [0.1, 0.15) is 32.3 Å². The van der Waals surface area contributed by atoms with Crippen molar-refractivity contribution < 1.29 is 19.4 Å². The Labute approximate surface area is 130 Å². The molecule has 22 heavy (non-hydrogen) atoms. The zero-order chi connectivity index (χ0) is 16.3. The van der Waals surface area contributed by atoms with Gasteiger partial charge >= 0.3 is 0 Å². The van der Waals surface area contributed by atoms with Crippen molar-refractivity contribution in [2.75, 3.05) is 13.1 Å². The fourth-order valence-corrected chi connectivity index (χ4v) is 2.79. The molecular weight excluding hydrogens is 285 g/mol. The number of nitrogens with zero attached hydrogens (tertiary/aromatic N) is 1. The molecule has 1 aromatic rings. The Hall–Kier alpha value is -1.46. The fraction of sp³-hybridized carbons (Fsp3) is 0.588. The Morgan fingerprint density at radius 1 is 1.32 bits per heavy atom. The number of benzene rings is 1. The van der Waals surface area contributed by atoms with Gasteiger partial charge in [0.15, 0.2) is 0 Å². The molecule has 1 aromatic carbocycles. The van der Waals surface area contributed by atoms with Crippen molar-refractivity contribution in [1.82, 2.24) is 4.90 Å². The number of hydrogen-bond donors (Lipinski definition) is 2. The summed E-state index contributed by atoms with van der Waals surface area (Å²) in [4.78, 5) is 13.7. The number of piperidine rings is 1. The van der Waals surface area contributed by atoms with Gasteiger partial charge < -0.3 is 15.1 Å². The van der Waals surface area contributed by atoms with E-state index < -0.39 is 11.7 Å². The molecule has 0 aliphatic carbocycles. The zero-order valence-corrected chi connectivity index (χ0v) is 13.1. The number of carbonyl (C=O) groups is 1. The third-order valence-corrected chi connectivity index (χ3v) is 4.37. The summed E-state index contributed by atoms with van der Waals surface area (Å²) >= 11 is 0. The summed E-state index contributed by atoms with van der Waals surface area (Å²) in [5, 5.41) is 20.5. The van der Waals surface area contributed by atoms with E-state index in [2.05, 4.69) is 0 Å². The molecule has 0 saturated carbocycles. The number of hydrogen-bond acceptors (Lipinski definition) is 3. The van der Waals surface area contributed by atoms with Gasteiger partial charge in [-0.3, -0.25) is 4.79 Å². The van der Waals surface area contributed by atoms with E-state index in [4.69, 9.17) is 0 Å². The molecular formula is C17H24FNO3. The summed E-state index contributed by atoms with van der Waals surface area (Å²) in [6, 6.07) is 6.43. The molecule has 1 amide bonds. The van der Waals surface area contributed by atoms with Crippen molar-refractivity contribution in [3.8, 4) is 0 Å². The highest BCUT2D eigenvalue weighted by atomic mass is 19.1. The number of halogens is 1. The van der Waals surface area contributed by atoms with Gasteiger partial charge in [0, 0.05) is 19.5 Å². The minimum atomic E-state index is -1.00. The van der Waals surface area contributed by atoms with Crippen LogP contribution in [0.5, 0.6) is 0 Å². The highest BCUT2D eigenvalue weighted by Crippen LogP contribution is 2.28. The summed E-state index contributed by atoms with van der Waals surface area (Å²) in [6.07, 6.45) is 0.0160. The predicted molar refractivity (Wildman–Crippen MR) is 81.7 cm³/mol. The fourth-order valence-electron chi connectivity index (χ4n) is 2.79. The Bertz CT molecular complexity index is 524. The van der Waals surface area contributed by atoms with E-state index in [1.807, 2.05) is 0 Å². The molecule has 2 N–H and O–H groups in total. The Balaban J connectivity index is 1.96. The molecule has 0 bridgehead atoms. The first-order chi connectivity index (χ1) is 10.3. The summed E-state index contributed by atoms with van der Waals surface area (Å²) in [6.45, 7) is 4.35. The average molecular weight is 309 g/mol. The molecule has 0 radical (unpaired) electrons. The van der Waals surface area contributed by atoms with Gasteiger partial charge in [-0.1, -0.05) is 32.0 Å². The largest absolute Gasteiger partial charge is 0.389 e. The first-order valence-electron chi connectivity index (χ1n) is 7.75. The van der Waals surface area contributed by atoms with Crippen molar-refractivity contribution in [2.24, 2.45) is 5.92 Å². The highest BCUT2D eigenvalue weighted by Gasteiger charge is 2.36. The van der Waals surface area contributed by atoms with Gasteiger partial charge in [-0.2, -0.15) is 0 Å². The third-order valence-electron chi connectivity index (χ3n) is 4.37. The maximum absolute atomic E-state index is 13.7. The molecule has 1 aliphatic heterocycles. The maximum atomic E-state index is 13.7. The average Bonchev–Trinajstić information content (AvgIpc) is 2.49. The van der Waals surface area contributed by atoms with Crippen LogP contribution in [-0.2, 0) is 11.2 Å². The zero-order valence-electron chi connectivity index (χ0n) is 13.1. The molecule has 1 fully saturated rings. The van der Waals surface area contributed by atoms with E-state index in [1.165, 1.54) is 6.07 Å². The molecule has 1 aliphatic rings. The predicted octanol–water partition coefficient (Wildman–Crippen LogP) is 1.74. The normalized spacial score (nSPS) is 19.3. The van der Waals surface area contributed by atoms with Crippen molar-refractivity contribution in [1.29, 1.82) is 0 Å². The van der Waals surface area contributed by atoms with Gasteiger partial charge in [-0.15, -0.1) is 0 Å². The lowest BCUT2D eigenvalue weighted by atomic mass is 9.85. The van der Waals surface area contributed by atoms with Gasteiger partial charge in [0.2, 0.25) is 0 Å². The number of rotatable bonds is 4. The Morgan fingerprint density at radius 3 is 2.45 bits per heavy atom. The lowest BCUT2D eigenvalue weighted by Gasteiger charge is -2.39. The second-order valence-electron chi connectivity index (χ2n) is 6.51. The lowest BCUT2D eigenvalue weighted by molar-refractivity contribution is -0.146. The first-order valence-corrected chi connectivity index (χ1v) is 7.75. The van der Waals surface area contributed by atoms with Crippen molar-refractivity contribution in [3.63, 3.8) is 0 Å².